The van der Waals surface area contributed by atoms with Crippen molar-refractivity contribution in [2.75, 3.05) is 5.32 Å². The summed E-state index contributed by atoms with van der Waals surface area (Å²) in [6.07, 6.45) is -1.78. The van der Waals surface area contributed by atoms with Gasteiger partial charge in [-0.2, -0.15) is 22.5 Å². The van der Waals surface area contributed by atoms with Gasteiger partial charge in [0.1, 0.15) is 0 Å². The third-order valence-electron chi connectivity index (χ3n) is 3.10. The highest BCUT2D eigenvalue weighted by atomic mass is 32.1. The number of alkyl halides is 3. The minimum absolute atomic E-state index is 0.0236. The number of carboxylic acid groups (broad SMARTS) is 1. The van der Waals surface area contributed by atoms with Gasteiger partial charge < -0.3 is 10.4 Å². The number of nitrogens with one attached hydrogen (secondary N) is 1. The second kappa shape index (κ2) is 4.95. The first-order chi connectivity index (χ1) is 8.81. The summed E-state index contributed by atoms with van der Waals surface area (Å²) in [5.74, 6) is -2.17. The van der Waals surface area contributed by atoms with E-state index in [4.69, 9.17) is 5.11 Å². The molecule has 9 heteroatoms. The molecule has 0 aromatic carbocycles. The van der Waals surface area contributed by atoms with Gasteiger partial charge in [0.25, 0.3) is 0 Å². The molecule has 106 valence electrons. The summed E-state index contributed by atoms with van der Waals surface area (Å²) in [6.45, 7) is 0. The Bertz CT molecular complexity index is 469. The molecule has 0 radical (unpaired) electrons. The van der Waals surface area contributed by atoms with Crippen LogP contribution in [0.2, 0.25) is 0 Å². The molecule has 1 aliphatic carbocycles. The molecule has 1 aromatic rings. The van der Waals surface area contributed by atoms with Crippen molar-refractivity contribution < 1.29 is 23.1 Å². The number of nitrogens with zero attached hydrogens (tertiary/aromatic N) is 2. The van der Waals surface area contributed by atoms with Crippen molar-refractivity contribution in [1.29, 1.82) is 0 Å². The minimum atomic E-state index is -4.58. The van der Waals surface area contributed by atoms with Gasteiger partial charge in [0.05, 0.1) is 12.0 Å². The predicted molar refractivity (Wildman–Crippen MR) is 62.0 cm³/mol. The minimum Gasteiger partial charge on any atom is -0.481 e. The molecule has 5 nitrogen and oxygen atoms in total. The van der Waals surface area contributed by atoms with Crippen LogP contribution in [0.3, 0.4) is 0 Å². The number of anilines is 1. The topological polar surface area (TPSA) is 75.1 Å². The van der Waals surface area contributed by atoms with Crippen molar-refractivity contribution in [2.24, 2.45) is 0 Å². The number of aromatic nitrogens is 2. The molecule has 1 heterocycles. The molecule has 0 amide bonds. The highest BCUT2D eigenvalue weighted by Crippen LogP contribution is 2.37. The highest BCUT2D eigenvalue weighted by Gasteiger charge is 2.39. The molecular formula is C10H12F3N3O2S. The first-order valence-corrected chi connectivity index (χ1v) is 6.49. The van der Waals surface area contributed by atoms with E-state index < -0.39 is 23.5 Å². The summed E-state index contributed by atoms with van der Waals surface area (Å²) in [6, 6.07) is 0. The van der Waals surface area contributed by atoms with Crippen LogP contribution in [-0.4, -0.2) is 26.0 Å². The monoisotopic (exact) mass is 295 g/mol. The van der Waals surface area contributed by atoms with E-state index in [-0.39, 0.29) is 11.6 Å². The standard InChI is InChI=1S/C10H12F3N3O2S/c11-10(12,13)7-14-8(19-16-7)15-9(5-6(17)18)3-1-2-4-9/h1-5H2,(H,17,18)(H,14,15,16). The predicted octanol–water partition coefficient (Wildman–Crippen LogP) is 2.76. The Morgan fingerprint density at radius 2 is 2.05 bits per heavy atom. The van der Waals surface area contributed by atoms with Crippen LogP contribution in [0.15, 0.2) is 0 Å². The van der Waals surface area contributed by atoms with Crippen molar-refractivity contribution in [3.63, 3.8) is 0 Å². The van der Waals surface area contributed by atoms with E-state index in [1.165, 1.54) is 0 Å². The van der Waals surface area contributed by atoms with E-state index >= 15 is 0 Å². The average Bonchev–Trinajstić information content (AvgIpc) is 2.86. The van der Waals surface area contributed by atoms with Crippen molar-refractivity contribution in [3.8, 4) is 0 Å². The van der Waals surface area contributed by atoms with Crippen LogP contribution in [-0.2, 0) is 11.0 Å². The quantitative estimate of drug-likeness (QED) is 0.893. The fourth-order valence-electron chi connectivity index (χ4n) is 2.30. The summed E-state index contributed by atoms with van der Waals surface area (Å²) >= 11 is 0.604. The van der Waals surface area contributed by atoms with Crippen LogP contribution in [0.4, 0.5) is 18.3 Å². The number of hydrogen-bond acceptors (Lipinski definition) is 5. The lowest BCUT2D eigenvalue weighted by Gasteiger charge is -2.28. The van der Waals surface area contributed by atoms with Gasteiger partial charge in [0.2, 0.25) is 11.0 Å². The molecule has 2 N–H and O–H groups in total. The summed E-state index contributed by atoms with van der Waals surface area (Å²) in [5.41, 5.74) is -0.700. The normalized spacial score (nSPS) is 18.5. The van der Waals surface area contributed by atoms with E-state index in [1.807, 2.05) is 0 Å². The van der Waals surface area contributed by atoms with E-state index in [9.17, 15) is 18.0 Å². The SMILES string of the molecule is O=C(O)CC1(Nc2nc(C(F)(F)F)ns2)CCCC1. The van der Waals surface area contributed by atoms with Crippen LogP contribution >= 0.6 is 11.5 Å². The summed E-state index contributed by atoms with van der Waals surface area (Å²) in [4.78, 5) is 14.2. The molecule has 0 spiro atoms. The molecule has 0 aliphatic heterocycles. The van der Waals surface area contributed by atoms with E-state index in [0.717, 1.165) is 12.8 Å². The number of aliphatic carboxylic acids is 1. The first kappa shape index (κ1) is 14.0. The maximum atomic E-state index is 12.4. The van der Waals surface area contributed by atoms with Crippen LogP contribution in [0.25, 0.3) is 0 Å². The third kappa shape index (κ3) is 3.34. The van der Waals surface area contributed by atoms with Gasteiger partial charge in [-0.15, -0.1) is 0 Å². The lowest BCUT2D eigenvalue weighted by molar-refractivity contribution is -0.144. The van der Waals surface area contributed by atoms with Gasteiger partial charge in [0, 0.05) is 11.5 Å². The second-order valence-corrected chi connectivity index (χ2v) is 5.36. The molecule has 1 fully saturated rings. The molecular weight excluding hydrogens is 283 g/mol. The number of carboxylic acids is 1. The zero-order chi connectivity index (χ0) is 14.1. The summed E-state index contributed by atoms with van der Waals surface area (Å²) in [7, 11) is 0. The van der Waals surface area contributed by atoms with E-state index in [0.29, 0.717) is 24.4 Å². The smallest absolute Gasteiger partial charge is 0.452 e. The summed E-state index contributed by atoms with van der Waals surface area (Å²) in [5, 5.41) is 11.8. The Morgan fingerprint density at radius 3 is 2.53 bits per heavy atom. The van der Waals surface area contributed by atoms with Crippen molar-refractivity contribution in [2.45, 2.75) is 43.8 Å². The zero-order valence-electron chi connectivity index (χ0n) is 9.83. The maximum absolute atomic E-state index is 12.4. The fraction of sp³-hybridized carbons (Fsp3) is 0.700. The largest absolute Gasteiger partial charge is 0.481 e. The lowest BCUT2D eigenvalue weighted by Crippen LogP contribution is -2.37. The second-order valence-electron chi connectivity index (χ2n) is 4.60. The van der Waals surface area contributed by atoms with Gasteiger partial charge in [-0.1, -0.05) is 12.8 Å². The molecule has 0 saturated heterocycles. The van der Waals surface area contributed by atoms with Gasteiger partial charge >= 0.3 is 12.1 Å². The molecule has 0 unspecified atom stereocenters. The van der Waals surface area contributed by atoms with Crippen LogP contribution < -0.4 is 5.32 Å². The van der Waals surface area contributed by atoms with Crippen LogP contribution in [0, 0.1) is 0 Å². The Morgan fingerprint density at radius 1 is 1.42 bits per heavy atom. The molecule has 1 aromatic heterocycles. The Kier molecular flexibility index (Phi) is 3.66. The lowest BCUT2D eigenvalue weighted by atomic mass is 9.93. The number of rotatable bonds is 4. The van der Waals surface area contributed by atoms with Crippen molar-refractivity contribution in [3.05, 3.63) is 5.82 Å². The molecule has 0 bridgehead atoms. The van der Waals surface area contributed by atoms with E-state index in [1.54, 1.807) is 0 Å². The zero-order valence-corrected chi connectivity index (χ0v) is 10.6. The van der Waals surface area contributed by atoms with Crippen LogP contribution in [0.5, 0.6) is 0 Å². The van der Waals surface area contributed by atoms with Crippen LogP contribution in [0.1, 0.15) is 37.9 Å². The fourth-order valence-corrected chi connectivity index (χ4v) is 3.01. The number of hydrogen-bond donors (Lipinski definition) is 2. The van der Waals surface area contributed by atoms with Gasteiger partial charge in [0.15, 0.2) is 0 Å². The maximum Gasteiger partial charge on any atom is 0.452 e. The molecule has 1 aliphatic rings. The van der Waals surface area contributed by atoms with Crippen molar-refractivity contribution in [1.82, 2.24) is 9.36 Å². The molecule has 19 heavy (non-hydrogen) atoms. The van der Waals surface area contributed by atoms with Crippen molar-refractivity contribution >= 4 is 22.6 Å². The third-order valence-corrected chi connectivity index (χ3v) is 3.73. The Hall–Kier alpha value is -1.38. The van der Waals surface area contributed by atoms with Gasteiger partial charge in [-0.3, -0.25) is 4.79 Å². The number of halogens is 3. The highest BCUT2D eigenvalue weighted by molar-refractivity contribution is 7.09. The van der Waals surface area contributed by atoms with E-state index in [2.05, 4.69) is 14.7 Å². The first-order valence-electron chi connectivity index (χ1n) is 5.72. The van der Waals surface area contributed by atoms with Gasteiger partial charge in [-0.25, -0.2) is 0 Å². The molecule has 2 rings (SSSR count). The Balaban J connectivity index is 2.14. The number of carbonyl (C=O) groups is 1. The average molecular weight is 295 g/mol. The Labute approximate surface area is 111 Å². The molecule has 1 saturated carbocycles. The van der Waals surface area contributed by atoms with Gasteiger partial charge in [-0.05, 0) is 12.8 Å². The molecule has 0 atom stereocenters. The summed E-state index contributed by atoms with van der Waals surface area (Å²) < 4.78 is 40.4.